The first kappa shape index (κ1) is 8.51. The van der Waals surface area contributed by atoms with Crippen LogP contribution in [0.5, 0.6) is 0 Å². The molecule has 1 heterocycles. The molecule has 0 bridgehead atoms. The largest absolute Gasteiger partial charge is 0.246 e. The SMILES string of the molecule is C=C1CC(C)(C)CC[NH+]=C1C. The highest BCUT2D eigenvalue weighted by molar-refractivity contribution is 5.93. The molecule has 0 fully saturated rings. The zero-order chi connectivity index (χ0) is 8.48. The van der Waals surface area contributed by atoms with Crippen LogP contribution in [-0.4, -0.2) is 12.3 Å². The molecular weight excluding hydrogens is 134 g/mol. The van der Waals surface area contributed by atoms with Gasteiger partial charge in [0.15, 0.2) is 5.71 Å². The summed E-state index contributed by atoms with van der Waals surface area (Å²) in [7, 11) is 0. The van der Waals surface area contributed by atoms with E-state index in [-0.39, 0.29) is 0 Å². The van der Waals surface area contributed by atoms with E-state index >= 15 is 0 Å². The summed E-state index contributed by atoms with van der Waals surface area (Å²) in [5.74, 6) is 0. The second kappa shape index (κ2) is 2.80. The maximum Gasteiger partial charge on any atom is 0.173 e. The van der Waals surface area contributed by atoms with Crippen molar-refractivity contribution in [2.75, 3.05) is 6.54 Å². The highest BCUT2D eigenvalue weighted by Gasteiger charge is 2.24. The van der Waals surface area contributed by atoms with Gasteiger partial charge in [0.05, 0.1) is 0 Å². The molecule has 1 N–H and O–H groups in total. The summed E-state index contributed by atoms with van der Waals surface area (Å²) >= 11 is 0. The summed E-state index contributed by atoms with van der Waals surface area (Å²) in [6.07, 6.45) is 2.37. The first-order valence-electron chi connectivity index (χ1n) is 4.27. The monoisotopic (exact) mass is 152 g/mol. The first-order valence-corrected chi connectivity index (χ1v) is 4.27. The molecule has 0 unspecified atom stereocenters. The van der Waals surface area contributed by atoms with Gasteiger partial charge < -0.3 is 0 Å². The Hall–Kier alpha value is -0.590. The van der Waals surface area contributed by atoms with Crippen LogP contribution in [0.25, 0.3) is 0 Å². The van der Waals surface area contributed by atoms with Crippen LogP contribution in [0, 0.1) is 5.41 Å². The van der Waals surface area contributed by atoms with E-state index in [1.54, 1.807) is 0 Å². The zero-order valence-corrected chi connectivity index (χ0v) is 7.83. The molecule has 62 valence electrons. The van der Waals surface area contributed by atoms with Gasteiger partial charge in [-0.05, 0) is 11.8 Å². The number of rotatable bonds is 0. The van der Waals surface area contributed by atoms with Gasteiger partial charge in [-0.2, -0.15) is 0 Å². The van der Waals surface area contributed by atoms with Crippen molar-refractivity contribution in [1.29, 1.82) is 0 Å². The number of allylic oxidation sites excluding steroid dienone is 1. The molecule has 0 aromatic carbocycles. The molecule has 0 spiro atoms. The van der Waals surface area contributed by atoms with Gasteiger partial charge in [0.1, 0.15) is 6.54 Å². The summed E-state index contributed by atoms with van der Waals surface area (Å²) in [6.45, 7) is 11.9. The first-order chi connectivity index (χ1) is 5.01. The Kier molecular flexibility index (Phi) is 2.17. The van der Waals surface area contributed by atoms with Crippen molar-refractivity contribution >= 4 is 5.71 Å². The summed E-state index contributed by atoms with van der Waals surface area (Å²) in [6, 6.07) is 0. The molecule has 11 heavy (non-hydrogen) atoms. The third kappa shape index (κ3) is 2.18. The lowest BCUT2D eigenvalue weighted by Crippen LogP contribution is -2.72. The van der Waals surface area contributed by atoms with Crippen molar-refractivity contribution < 1.29 is 4.99 Å². The molecule has 0 amide bonds. The van der Waals surface area contributed by atoms with E-state index in [9.17, 15) is 0 Å². The van der Waals surface area contributed by atoms with E-state index in [1.165, 1.54) is 17.7 Å². The summed E-state index contributed by atoms with van der Waals surface area (Å²) < 4.78 is 0. The van der Waals surface area contributed by atoms with Crippen LogP contribution >= 0.6 is 0 Å². The van der Waals surface area contributed by atoms with Crippen LogP contribution in [0.1, 0.15) is 33.6 Å². The van der Waals surface area contributed by atoms with Crippen LogP contribution in [0.15, 0.2) is 12.2 Å². The van der Waals surface area contributed by atoms with Gasteiger partial charge in [-0.15, -0.1) is 0 Å². The van der Waals surface area contributed by atoms with Gasteiger partial charge in [-0.25, -0.2) is 4.99 Å². The van der Waals surface area contributed by atoms with Crippen molar-refractivity contribution in [1.82, 2.24) is 0 Å². The van der Waals surface area contributed by atoms with Crippen molar-refractivity contribution in [2.24, 2.45) is 5.41 Å². The summed E-state index contributed by atoms with van der Waals surface area (Å²) in [5, 5.41) is 0. The Morgan fingerprint density at radius 2 is 2.09 bits per heavy atom. The van der Waals surface area contributed by atoms with Crippen LogP contribution in [0.4, 0.5) is 0 Å². The van der Waals surface area contributed by atoms with Crippen LogP contribution < -0.4 is 4.99 Å². The Morgan fingerprint density at radius 3 is 2.73 bits per heavy atom. The highest BCUT2D eigenvalue weighted by atomic mass is 14.7. The van der Waals surface area contributed by atoms with Crippen molar-refractivity contribution in [3.63, 3.8) is 0 Å². The normalized spacial score (nSPS) is 24.3. The highest BCUT2D eigenvalue weighted by Crippen LogP contribution is 2.28. The maximum atomic E-state index is 4.05. The number of hydrogen-bond acceptors (Lipinski definition) is 0. The number of hydrogen-bond donors (Lipinski definition) is 1. The van der Waals surface area contributed by atoms with Crippen LogP contribution in [-0.2, 0) is 0 Å². The minimum absolute atomic E-state index is 0.432. The van der Waals surface area contributed by atoms with Gasteiger partial charge in [-0.3, -0.25) is 0 Å². The van der Waals surface area contributed by atoms with Crippen molar-refractivity contribution in [3.8, 4) is 0 Å². The molecule has 1 rings (SSSR count). The maximum absolute atomic E-state index is 4.05. The van der Waals surface area contributed by atoms with Crippen LogP contribution in [0.3, 0.4) is 0 Å². The summed E-state index contributed by atoms with van der Waals surface area (Å²) in [5.41, 5.74) is 2.98. The van der Waals surface area contributed by atoms with Gasteiger partial charge in [-0.1, -0.05) is 20.4 Å². The smallest absolute Gasteiger partial charge is 0.173 e. The third-order valence-corrected chi connectivity index (χ3v) is 2.41. The average Bonchev–Trinajstić information content (AvgIpc) is 1.93. The van der Waals surface area contributed by atoms with E-state index in [2.05, 4.69) is 32.3 Å². The van der Waals surface area contributed by atoms with Gasteiger partial charge >= 0.3 is 0 Å². The molecule has 0 aromatic heterocycles. The Balaban J connectivity index is 2.75. The molecule has 1 aliphatic heterocycles. The van der Waals surface area contributed by atoms with Crippen molar-refractivity contribution in [3.05, 3.63) is 12.2 Å². The standard InChI is InChI=1S/C10H17N/c1-8-7-10(3,4)5-6-11-9(8)2/h1,5-7H2,2-4H3/p+1. The van der Waals surface area contributed by atoms with E-state index in [4.69, 9.17) is 0 Å². The lowest BCUT2D eigenvalue weighted by molar-refractivity contribution is -0.458. The lowest BCUT2D eigenvalue weighted by Gasteiger charge is -2.20. The summed E-state index contributed by atoms with van der Waals surface area (Å²) in [4.78, 5) is 3.37. The van der Waals surface area contributed by atoms with E-state index in [0.717, 1.165) is 13.0 Å². The van der Waals surface area contributed by atoms with E-state index in [0.29, 0.717) is 5.41 Å². The Labute approximate surface area is 69.2 Å². The molecule has 0 atom stereocenters. The Bertz CT molecular complexity index is 199. The van der Waals surface area contributed by atoms with E-state index < -0.39 is 0 Å². The third-order valence-electron chi connectivity index (χ3n) is 2.41. The van der Waals surface area contributed by atoms with Gasteiger partial charge in [0.25, 0.3) is 0 Å². The predicted molar refractivity (Wildman–Crippen MR) is 48.7 cm³/mol. The average molecular weight is 152 g/mol. The molecule has 0 radical (unpaired) electrons. The predicted octanol–water partition coefficient (Wildman–Crippen LogP) is 0.904. The fourth-order valence-electron chi connectivity index (χ4n) is 1.51. The minimum Gasteiger partial charge on any atom is -0.246 e. The second-order valence-corrected chi connectivity index (χ2v) is 4.25. The molecule has 0 aliphatic carbocycles. The molecular formula is C10H18N+. The van der Waals surface area contributed by atoms with Gasteiger partial charge in [0, 0.05) is 18.9 Å². The second-order valence-electron chi connectivity index (χ2n) is 4.25. The van der Waals surface area contributed by atoms with Crippen LogP contribution in [0.2, 0.25) is 0 Å². The zero-order valence-electron chi connectivity index (χ0n) is 7.83. The molecule has 1 heteroatoms. The molecule has 0 saturated heterocycles. The van der Waals surface area contributed by atoms with Gasteiger partial charge in [0.2, 0.25) is 0 Å². The fraction of sp³-hybridized carbons (Fsp3) is 0.700. The molecule has 0 saturated carbocycles. The Morgan fingerprint density at radius 1 is 1.45 bits per heavy atom. The quantitative estimate of drug-likeness (QED) is 0.530. The van der Waals surface area contributed by atoms with Crippen molar-refractivity contribution in [2.45, 2.75) is 33.6 Å². The molecule has 1 aliphatic rings. The lowest BCUT2D eigenvalue weighted by atomic mass is 9.83. The number of nitrogens with one attached hydrogen (secondary N) is 1. The molecule has 0 aromatic rings. The fourth-order valence-corrected chi connectivity index (χ4v) is 1.51. The topological polar surface area (TPSA) is 14.0 Å². The molecule has 1 nitrogen and oxygen atoms in total. The van der Waals surface area contributed by atoms with E-state index in [1.807, 2.05) is 0 Å². The minimum atomic E-state index is 0.432.